The van der Waals surface area contributed by atoms with Crippen LogP contribution in [0.2, 0.25) is 0 Å². The summed E-state index contributed by atoms with van der Waals surface area (Å²) in [6.45, 7) is 23.6. The first kappa shape index (κ1) is 40.9. The minimum Gasteiger partial charge on any atom is -0.462 e. The Balaban J connectivity index is 5.55. The first-order chi connectivity index (χ1) is 19.6. The van der Waals surface area contributed by atoms with Gasteiger partial charge in [-0.2, -0.15) is 0 Å². The summed E-state index contributed by atoms with van der Waals surface area (Å²) >= 11 is 0. The monoisotopic (exact) mass is 619 g/mol. The third kappa shape index (κ3) is 16.0. The third-order valence-corrected chi connectivity index (χ3v) is 8.75. The van der Waals surface area contributed by atoms with Gasteiger partial charge >= 0.3 is 18.3 Å². The first-order valence-electron chi connectivity index (χ1n) is 15.5. The van der Waals surface area contributed by atoms with Gasteiger partial charge in [-0.05, 0) is 65.2 Å². The second kappa shape index (κ2) is 18.0. The Labute approximate surface area is 259 Å². The van der Waals surface area contributed by atoms with Crippen molar-refractivity contribution in [1.29, 1.82) is 0 Å². The smallest absolute Gasteiger partial charge is 0.462 e. The Morgan fingerprint density at radius 1 is 0.767 bits per heavy atom. The summed E-state index contributed by atoms with van der Waals surface area (Å²) in [4.78, 5) is 39.8. The molecule has 0 aliphatic heterocycles. The maximum atomic E-state index is 12.8. The molecule has 0 aliphatic carbocycles. The van der Waals surface area contributed by atoms with E-state index < -0.39 is 41.0 Å². The average molecular weight is 620 g/mol. The quantitative estimate of drug-likeness (QED) is 0.128. The molecule has 11 heteroatoms. The summed E-state index contributed by atoms with van der Waals surface area (Å²) < 4.78 is 28.0. The van der Waals surface area contributed by atoms with E-state index in [-0.39, 0.29) is 44.2 Å². The van der Waals surface area contributed by atoms with Crippen LogP contribution in [0.5, 0.6) is 0 Å². The van der Waals surface area contributed by atoms with E-state index in [0.29, 0.717) is 38.4 Å². The second-order valence-electron chi connectivity index (χ2n) is 14.2. The normalized spacial score (nSPS) is 14.3. The van der Waals surface area contributed by atoms with E-state index in [4.69, 9.17) is 23.7 Å². The topological polar surface area (TPSA) is 141 Å². The van der Waals surface area contributed by atoms with Gasteiger partial charge in [0.25, 0.3) is 0 Å². The highest BCUT2D eigenvalue weighted by Gasteiger charge is 2.44. The molecule has 0 aromatic heterocycles. The number of rotatable bonds is 20. The molecule has 0 saturated carbocycles. The standard InChI is InChI=1S/C32H61NO10/c1-13-31(9,10)42-28(38)41-25(22-39-26(36)14-15-33(16-18-34)17-19-35)21-30(7,8)32(11,12)43-27(37)40-24(4)20-29(5,6)23(2)3/h23-25,34-35H,13-22H2,1-12H3. The van der Waals surface area contributed by atoms with Crippen LogP contribution in [-0.4, -0.2) is 96.3 Å². The first-order valence-corrected chi connectivity index (χ1v) is 15.5. The van der Waals surface area contributed by atoms with Crippen molar-refractivity contribution >= 4 is 18.3 Å². The molecule has 0 aromatic carbocycles. The summed E-state index contributed by atoms with van der Waals surface area (Å²) in [6, 6.07) is 0. The van der Waals surface area contributed by atoms with Crippen LogP contribution in [0.3, 0.4) is 0 Å². The zero-order valence-electron chi connectivity index (χ0n) is 28.9. The molecule has 2 N–H and O–H groups in total. The predicted molar refractivity (Wildman–Crippen MR) is 165 cm³/mol. The molecule has 254 valence electrons. The molecule has 0 fully saturated rings. The highest BCUT2D eigenvalue weighted by atomic mass is 16.7. The highest BCUT2D eigenvalue weighted by Crippen LogP contribution is 2.40. The SMILES string of the molecule is CCC(C)(C)OC(=O)OC(COC(=O)CCN(CCO)CCO)CC(C)(C)C(C)(C)OC(=O)OC(C)CC(C)(C)C(C)C. The van der Waals surface area contributed by atoms with E-state index in [2.05, 4.69) is 27.7 Å². The molecule has 0 radical (unpaired) electrons. The number of esters is 1. The van der Waals surface area contributed by atoms with Gasteiger partial charge in [0.1, 0.15) is 30.0 Å². The number of hydrogen-bond donors (Lipinski definition) is 2. The summed E-state index contributed by atoms with van der Waals surface area (Å²) in [7, 11) is 0. The zero-order valence-corrected chi connectivity index (χ0v) is 28.9. The second-order valence-corrected chi connectivity index (χ2v) is 14.2. The van der Waals surface area contributed by atoms with Crippen LogP contribution >= 0.6 is 0 Å². The molecule has 0 saturated heterocycles. The van der Waals surface area contributed by atoms with Gasteiger partial charge in [0.15, 0.2) is 0 Å². The van der Waals surface area contributed by atoms with Crippen molar-refractivity contribution in [2.75, 3.05) is 39.5 Å². The number of aliphatic hydroxyl groups is 2. The zero-order chi connectivity index (χ0) is 33.6. The third-order valence-electron chi connectivity index (χ3n) is 8.75. The maximum absolute atomic E-state index is 12.8. The van der Waals surface area contributed by atoms with Gasteiger partial charge in [-0.25, -0.2) is 9.59 Å². The summed E-state index contributed by atoms with van der Waals surface area (Å²) in [6.07, 6.45) is -1.46. The highest BCUT2D eigenvalue weighted by molar-refractivity contribution is 5.69. The number of carbonyl (C=O) groups is 3. The van der Waals surface area contributed by atoms with Gasteiger partial charge in [-0.3, -0.25) is 9.69 Å². The number of carbonyl (C=O) groups excluding carboxylic acids is 3. The van der Waals surface area contributed by atoms with Crippen molar-refractivity contribution < 1.29 is 48.3 Å². The van der Waals surface area contributed by atoms with E-state index >= 15 is 0 Å². The van der Waals surface area contributed by atoms with Gasteiger partial charge in [-0.15, -0.1) is 0 Å². The van der Waals surface area contributed by atoms with E-state index in [1.165, 1.54) is 0 Å². The molecular formula is C32H61NO10. The summed E-state index contributed by atoms with van der Waals surface area (Å²) in [5.41, 5.74) is -2.58. The molecule has 2 atom stereocenters. The Bertz CT molecular complexity index is 847. The van der Waals surface area contributed by atoms with Crippen LogP contribution in [0.25, 0.3) is 0 Å². The lowest BCUT2D eigenvalue weighted by atomic mass is 9.73. The fourth-order valence-electron chi connectivity index (χ4n) is 4.09. The van der Waals surface area contributed by atoms with Gasteiger partial charge in [-0.1, -0.05) is 48.5 Å². The number of aliphatic hydroxyl groups excluding tert-OH is 2. The fraction of sp³-hybridized carbons (Fsp3) is 0.906. The fourth-order valence-corrected chi connectivity index (χ4v) is 4.09. The molecule has 0 aliphatic rings. The van der Waals surface area contributed by atoms with E-state index in [9.17, 15) is 24.6 Å². The van der Waals surface area contributed by atoms with Crippen LogP contribution in [0.4, 0.5) is 9.59 Å². The Kier molecular flexibility index (Phi) is 17.1. The largest absolute Gasteiger partial charge is 0.509 e. The van der Waals surface area contributed by atoms with Crippen molar-refractivity contribution in [3.8, 4) is 0 Å². The summed E-state index contributed by atoms with van der Waals surface area (Å²) in [5.74, 6) is -0.113. The molecule has 0 bridgehead atoms. The van der Waals surface area contributed by atoms with E-state index in [0.717, 1.165) is 0 Å². The van der Waals surface area contributed by atoms with Crippen LogP contribution in [0.1, 0.15) is 109 Å². The van der Waals surface area contributed by atoms with Crippen LogP contribution in [-0.2, 0) is 28.5 Å². The number of nitrogens with zero attached hydrogens (tertiary/aromatic N) is 1. The molecule has 0 aromatic rings. The number of ether oxygens (including phenoxy) is 5. The van der Waals surface area contributed by atoms with E-state index in [1.807, 2.05) is 27.7 Å². The van der Waals surface area contributed by atoms with Crippen molar-refractivity contribution in [3.05, 3.63) is 0 Å². The lowest BCUT2D eigenvalue weighted by Crippen LogP contribution is -2.47. The van der Waals surface area contributed by atoms with E-state index in [1.54, 1.807) is 32.6 Å². The van der Waals surface area contributed by atoms with Gasteiger partial charge in [0.05, 0.1) is 19.6 Å². The van der Waals surface area contributed by atoms with Crippen LogP contribution < -0.4 is 0 Å². The predicted octanol–water partition coefficient (Wildman–Crippen LogP) is 5.73. The Morgan fingerprint density at radius 2 is 1.30 bits per heavy atom. The molecule has 2 unspecified atom stereocenters. The molecule has 0 spiro atoms. The molecule has 0 rings (SSSR count). The minimum atomic E-state index is -1.05. The molecule has 0 heterocycles. The van der Waals surface area contributed by atoms with Crippen LogP contribution in [0, 0.1) is 16.7 Å². The van der Waals surface area contributed by atoms with Gasteiger partial charge in [0, 0.05) is 25.0 Å². The van der Waals surface area contributed by atoms with Gasteiger partial charge in [0.2, 0.25) is 0 Å². The van der Waals surface area contributed by atoms with Crippen molar-refractivity contribution in [2.45, 2.75) is 132 Å². The van der Waals surface area contributed by atoms with Crippen molar-refractivity contribution in [2.24, 2.45) is 16.7 Å². The molecular weight excluding hydrogens is 558 g/mol. The Hall–Kier alpha value is -2.11. The Morgan fingerprint density at radius 3 is 1.79 bits per heavy atom. The average Bonchev–Trinajstić information content (AvgIpc) is 2.84. The summed E-state index contributed by atoms with van der Waals surface area (Å²) in [5, 5.41) is 18.4. The van der Waals surface area contributed by atoms with Crippen molar-refractivity contribution in [3.63, 3.8) is 0 Å². The lowest BCUT2D eigenvalue weighted by molar-refractivity contribution is -0.151. The molecule has 11 nitrogen and oxygen atoms in total. The van der Waals surface area contributed by atoms with Gasteiger partial charge < -0.3 is 33.9 Å². The maximum Gasteiger partial charge on any atom is 0.509 e. The van der Waals surface area contributed by atoms with Crippen LogP contribution in [0.15, 0.2) is 0 Å². The number of hydrogen-bond acceptors (Lipinski definition) is 11. The minimum absolute atomic E-state index is 0.0205. The van der Waals surface area contributed by atoms with Crippen molar-refractivity contribution in [1.82, 2.24) is 4.90 Å². The lowest BCUT2D eigenvalue weighted by Gasteiger charge is -2.42. The molecule has 43 heavy (non-hydrogen) atoms. The molecule has 0 amide bonds.